The summed E-state index contributed by atoms with van der Waals surface area (Å²) in [7, 11) is 2.01. The van der Waals surface area contributed by atoms with E-state index in [1.165, 1.54) is 0 Å². The number of hydrogen-bond donors (Lipinski definition) is 3. The van der Waals surface area contributed by atoms with Crippen LogP contribution >= 0.6 is 12.4 Å². The molecule has 1 aromatic carbocycles. The Bertz CT molecular complexity index is 1080. The molecule has 10 heteroatoms. The lowest BCUT2D eigenvalue weighted by Crippen LogP contribution is -2.62. The predicted octanol–water partition coefficient (Wildman–Crippen LogP) is 3.09. The van der Waals surface area contributed by atoms with E-state index in [4.69, 9.17) is 0 Å². The number of nitrogens with one attached hydrogen (secondary N) is 1. The van der Waals surface area contributed by atoms with Gasteiger partial charge in [-0.15, -0.1) is 22.6 Å². The standard InChI is InChI=1S/C23H31N7O2.ClH/c1-22(2)9-17(10-23(3,4)28-22)29(5)21-24-12-19(26-27-21)18-7-6-16(8-20(18)32)30-13-15(14-31)11-25-30;/h6-8,11-13,17,28,31-32H,9-10,14H2,1-5H3;1H. The van der Waals surface area contributed by atoms with Crippen molar-refractivity contribution in [2.45, 2.75) is 64.3 Å². The minimum atomic E-state index is -0.0848. The number of phenols is 1. The minimum Gasteiger partial charge on any atom is -0.507 e. The maximum Gasteiger partial charge on any atom is 0.245 e. The normalized spacial score (nSPS) is 17.4. The number of aliphatic hydroxyl groups is 1. The topological polar surface area (TPSA) is 112 Å². The third kappa shape index (κ3) is 5.43. The summed E-state index contributed by atoms with van der Waals surface area (Å²) in [6, 6.07) is 5.48. The van der Waals surface area contributed by atoms with Crippen LogP contribution in [-0.4, -0.2) is 59.3 Å². The van der Waals surface area contributed by atoms with Crippen LogP contribution in [0.1, 0.15) is 46.1 Å². The average molecular weight is 474 g/mol. The van der Waals surface area contributed by atoms with Crippen molar-refractivity contribution in [2.24, 2.45) is 0 Å². The number of piperidine rings is 1. The summed E-state index contributed by atoms with van der Waals surface area (Å²) in [4.78, 5) is 6.64. The highest BCUT2D eigenvalue weighted by Crippen LogP contribution is 2.33. The van der Waals surface area contributed by atoms with E-state index in [2.05, 4.69) is 58.2 Å². The van der Waals surface area contributed by atoms with Crippen molar-refractivity contribution in [1.82, 2.24) is 30.3 Å². The fraction of sp³-hybridized carbons (Fsp3) is 0.478. The van der Waals surface area contributed by atoms with Gasteiger partial charge in [-0.25, -0.2) is 9.67 Å². The Hall–Kier alpha value is -2.75. The zero-order valence-corrected chi connectivity index (χ0v) is 20.5. The first-order chi connectivity index (χ1) is 15.1. The number of aromatic nitrogens is 5. The van der Waals surface area contributed by atoms with Gasteiger partial charge in [0.15, 0.2) is 0 Å². The molecule has 3 aromatic rings. The first-order valence-corrected chi connectivity index (χ1v) is 10.8. The summed E-state index contributed by atoms with van der Waals surface area (Å²) in [5.41, 5.74) is 2.46. The van der Waals surface area contributed by atoms with E-state index in [1.54, 1.807) is 35.4 Å². The Morgan fingerprint density at radius 3 is 2.36 bits per heavy atom. The Kier molecular flexibility index (Phi) is 6.97. The molecule has 0 aliphatic carbocycles. The number of rotatable bonds is 5. The summed E-state index contributed by atoms with van der Waals surface area (Å²) >= 11 is 0. The number of aromatic hydroxyl groups is 1. The number of halogens is 1. The van der Waals surface area contributed by atoms with Crippen LogP contribution in [0.3, 0.4) is 0 Å². The van der Waals surface area contributed by atoms with Gasteiger partial charge >= 0.3 is 0 Å². The third-order valence-electron chi connectivity index (χ3n) is 5.92. The van der Waals surface area contributed by atoms with Crippen molar-refractivity contribution in [3.63, 3.8) is 0 Å². The summed E-state index contributed by atoms with van der Waals surface area (Å²) in [5.74, 6) is 0.624. The lowest BCUT2D eigenvalue weighted by Gasteiger charge is -2.48. The molecule has 1 aliphatic rings. The molecule has 0 amide bonds. The van der Waals surface area contributed by atoms with Crippen molar-refractivity contribution in [3.8, 4) is 22.7 Å². The minimum absolute atomic E-state index is 0. The van der Waals surface area contributed by atoms with Gasteiger partial charge in [0.1, 0.15) is 11.4 Å². The Morgan fingerprint density at radius 2 is 1.82 bits per heavy atom. The molecule has 0 radical (unpaired) electrons. The highest BCUT2D eigenvalue weighted by Gasteiger charge is 2.39. The van der Waals surface area contributed by atoms with Crippen LogP contribution in [0.5, 0.6) is 5.75 Å². The molecule has 2 aromatic heterocycles. The SMILES string of the molecule is CN(c1ncc(-c2ccc(-n3cc(CO)cn3)cc2O)nn1)C1CC(C)(C)NC(C)(C)C1.Cl. The van der Waals surface area contributed by atoms with Crippen molar-refractivity contribution >= 4 is 18.4 Å². The van der Waals surface area contributed by atoms with Crippen molar-refractivity contribution in [3.05, 3.63) is 42.4 Å². The largest absolute Gasteiger partial charge is 0.507 e. The van der Waals surface area contributed by atoms with Crippen LogP contribution in [-0.2, 0) is 6.61 Å². The lowest BCUT2D eigenvalue weighted by molar-refractivity contribution is 0.160. The van der Waals surface area contributed by atoms with E-state index in [-0.39, 0.29) is 35.8 Å². The average Bonchev–Trinajstić information content (AvgIpc) is 3.20. The van der Waals surface area contributed by atoms with Crippen molar-refractivity contribution in [1.29, 1.82) is 0 Å². The molecule has 1 fully saturated rings. The molecule has 178 valence electrons. The number of benzene rings is 1. The maximum atomic E-state index is 10.6. The van der Waals surface area contributed by atoms with Gasteiger partial charge < -0.3 is 20.4 Å². The number of nitrogens with zero attached hydrogens (tertiary/aromatic N) is 6. The fourth-order valence-corrected chi connectivity index (χ4v) is 4.72. The zero-order chi connectivity index (χ0) is 23.1. The second-order valence-corrected chi connectivity index (χ2v) is 9.86. The Balaban J connectivity index is 0.00000306. The van der Waals surface area contributed by atoms with Gasteiger partial charge in [-0.1, -0.05) is 0 Å². The molecular weight excluding hydrogens is 442 g/mol. The van der Waals surface area contributed by atoms with E-state index < -0.39 is 0 Å². The maximum absolute atomic E-state index is 10.6. The molecule has 3 heterocycles. The molecular formula is C23H32ClN7O2. The molecule has 3 N–H and O–H groups in total. The summed E-state index contributed by atoms with van der Waals surface area (Å²) in [6.07, 6.45) is 6.89. The molecule has 9 nitrogen and oxygen atoms in total. The number of aliphatic hydroxyl groups excluding tert-OH is 1. The second kappa shape index (κ2) is 9.24. The quantitative estimate of drug-likeness (QED) is 0.518. The van der Waals surface area contributed by atoms with Crippen LogP contribution in [0.25, 0.3) is 16.9 Å². The lowest BCUT2D eigenvalue weighted by atomic mass is 9.79. The van der Waals surface area contributed by atoms with Gasteiger partial charge in [0.2, 0.25) is 5.95 Å². The van der Waals surface area contributed by atoms with E-state index in [0.29, 0.717) is 34.5 Å². The highest BCUT2D eigenvalue weighted by atomic mass is 35.5. The molecule has 1 aliphatic heterocycles. The highest BCUT2D eigenvalue weighted by molar-refractivity contribution is 5.85. The van der Waals surface area contributed by atoms with Gasteiger partial charge in [-0.3, -0.25) is 0 Å². The van der Waals surface area contributed by atoms with Crippen molar-refractivity contribution < 1.29 is 10.2 Å². The van der Waals surface area contributed by atoms with Crippen LogP contribution in [0, 0.1) is 0 Å². The molecule has 33 heavy (non-hydrogen) atoms. The summed E-state index contributed by atoms with van der Waals surface area (Å²) < 4.78 is 1.60. The predicted molar refractivity (Wildman–Crippen MR) is 130 cm³/mol. The van der Waals surface area contributed by atoms with E-state index in [9.17, 15) is 10.2 Å². The molecule has 0 bridgehead atoms. The smallest absolute Gasteiger partial charge is 0.245 e. The first kappa shape index (κ1) is 24.9. The summed E-state index contributed by atoms with van der Waals surface area (Å²) in [5, 5.41) is 36.3. The second-order valence-electron chi connectivity index (χ2n) is 9.86. The third-order valence-corrected chi connectivity index (χ3v) is 5.92. The molecule has 0 atom stereocenters. The van der Waals surface area contributed by atoms with E-state index in [0.717, 1.165) is 12.8 Å². The Labute approximate surface area is 200 Å². The fourth-order valence-electron chi connectivity index (χ4n) is 4.72. The Morgan fingerprint density at radius 1 is 1.12 bits per heavy atom. The van der Waals surface area contributed by atoms with E-state index >= 15 is 0 Å². The first-order valence-electron chi connectivity index (χ1n) is 10.8. The van der Waals surface area contributed by atoms with Crippen LogP contribution in [0.4, 0.5) is 5.95 Å². The van der Waals surface area contributed by atoms with E-state index in [1.807, 2.05) is 13.1 Å². The van der Waals surface area contributed by atoms with Gasteiger partial charge in [0.25, 0.3) is 0 Å². The molecule has 1 saturated heterocycles. The van der Waals surface area contributed by atoms with Crippen LogP contribution in [0.15, 0.2) is 36.8 Å². The van der Waals surface area contributed by atoms with Gasteiger partial charge in [-0.05, 0) is 52.7 Å². The van der Waals surface area contributed by atoms with Gasteiger partial charge in [-0.2, -0.15) is 5.10 Å². The van der Waals surface area contributed by atoms with Gasteiger partial charge in [0, 0.05) is 47.6 Å². The molecule has 0 spiro atoms. The molecule has 4 rings (SSSR count). The summed E-state index contributed by atoms with van der Waals surface area (Å²) in [6.45, 7) is 8.79. The van der Waals surface area contributed by atoms with Gasteiger partial charge in [0.05, 0.1) is 24.7 Å². The monoisotopic (exact) mass is 473 g/mol. The number of phenolic OH excluding ortho intramolecular Hbond substituents is 1. The van der Waals surface area contributed by atoms with Crippen molar-refractivity contribution in [2.75, 3.05) is 11.9 Å². The van der Waals surface area contributed by atoms with Crippen LogP contribution in [0.2, 0.25) is 0 Å². The zero-order valence-electron chi connectivity index (χ0n) is 19.6. The number of anilines is 1. The van der Waals surface area contributed by atoms with Crippen LogP contribution < -0.4 is 10.2 Å². The molecule has 0 unspecified atom stereocenters. The number of hydrogen-bond acceptors (Lipinski definition) is 8. The molecule has 0 saturated carbocycles.